The zero-order valence-corrected chi connectivity index (χ0v) is 36.3. The summed E-state index contributed by atoms with van der Waals surface area (Å²) in [5.74, 6) is 0. The van der Waals surface area contributed by atoms with Crippen molar-refractivity contribution in [3.8, 4) is 67.0 Å². The largest absolute Gasteiger partial charge is 0.309 e. The lowest BCUT2D eigenvalue weighted by Crippen LogP contribution is -1.94. The molecule has 0 saturated carbocycles. The highest BCUT2D eigenvalue weighted by Crippen LogP contribution is 2.39. The first-order valence-electron chi connectivity index (χ1n) is 22.8. The Hall–Kier alpha value is -8.20. The fourth-order valence-electron chi connectivity index (χ4n) is 10.0. The molecule has 0 aliphatic heterocycles. The monoisotopic (exact) mass is 830 g/mol. The molecule has 2 nitrogen and oxygen atoms in total. The van der Waals surface area contributed by atoms with Gasteiger partial charge in [0.2, 0.25) is 0 Å². The van der Waals surface area contributed by atoms with Gasteiger partial charge in [0.05, 0.1) is 22.1 Å². The summed E-state index contributed by atoms with van der Waals surface area (Å²) < 4.78 is 4.83. The van der Waals surface area contributed by atoms with E-state index in [1.165, 1.54) is 105 Å². The molecule has 0 N–H and O–H groups in total. The average molecular weight is 831 g/mol. The minimum Gasteiger partial charge on any atom is -0.309 e. The maximum absolute atomic E-state index is 2.42. The molecule has 2 aromatic heterocycles. The molecule has 0 aliphatic rings. The zero-order valence-electron chi connectivity index (χ0n) is 36.3. The van der Waals surface area contributed by atoms with E-state index >= 15 is 0 Å². The number of nitrogens with zero attached hydrogens (tertiary/aromatic N) is 2. The lowest BCUT2D eigenvalue weighted by atomic mass is 9.98. The van der Waals surface area contributed by atoms with E-state index in [0.29, 0.717) is 0 Å². The maximum atomic E-state index is 2.42. The van der Waals surface area contributed by atoms with Crippen molar-refractivity contribution in [1.82, 2.24) is 9.13 Å². The van der Waals surface area contributed by atoms with Crippen molar-refractivity contribution in [2.45, 2.75) is 19.8 Å². The van der Waals surface area contributed by atoms with Crippen LogP contribution in [0.2, 0.25) is 0 Å². The molecular weight excluding hydrogens is 785 g/mol. The summed E-state index contributed by atoms with van der Waals surface area (Å²) in [6, 6.07) is 87.0. The van der Waals surface area contributed by atoms with E-state index in [0.717, 1.165) is 24.2 Å². The molecule has 2 heterocycles. The van der Waals surface area contributed by atoms with Crippen molar-refractivity contribution in [1.29, 1.82) is 0 Å². The van der Waals surface area contributed by atoms with E-state index < -0.39 is 0 Å². The molecule has 10 aromatic carbocycles. The second kappa shape index (κ2) is 16.2. The van der Waals surface area contributed by atoms with E-state index in [1.807, 2.05) is 0 Å². The van der Waals surface area contributed by atoms with Crippen LogP contribution in [-0.2, 0) is 6.42 Å². The van der Waals surface area contributed by atoms with Crippen LogP contribution in [0.3, 0.4) is 0 Å². The first kappa shape index (κ1) is 38.5. The molecule has 0 aliphatic carbocycles. The van der Waals surface area contributed by atoms with Gasteiger partial charge in [-0.1, -0.05) is 183 Å². The Morgan fingerprint density at radius 2 is 0.646 bits per heavy atom. The molecule has 12 rings (SSSR count). The fraction of sp³-hybridized carbons (Fsp3) is 0.0476. The van der Waals surface area contributed by atoms with Crippen LogP contribution in [0.1, 0.15) is 18.9 Å². The van der Waals surface area contributed by atoms with Gasteiger partial charge in [-0.3, -0.25) is 0 Å². The Morgan fingerprint density at radius 1 is 0.262 bits per heavy atom. The average Bonchev–Trinajstić information content (AvgIpc) is 3.89. The Kier molecular flexibility index (Phi) is 9.57. The van der Waals surface area contributed by atoms with Crippen molar-refractivity contribution < 1.29 is 0 Å². The van der Waals surface area contributed by atoms with Gasteiger partial charge >= 0.3 is 0 Å². The summed E-state index contributed by atoms with van der Waals surface area (Å²) >= 11 is 0. The number of hydrogen-bond donors (Lipinski definition) is 0. The third kappa shape index (κ3) is 6.92. The number of rotatable bonds is 9. The molecule has 0 fully saturated rings. The second-order valence-electron chi connectivity index (χ2n) is 17.2. The Bertz CT molecular complexity index is 3680. The van der Waals surface area contributed by atoms with Crippen LogP contribution < -0.4 is 0 Å². The van der Waals surface area contributed by atoms with Gasteiger partial charge in [-0.2, -0.15) is 0 Å². The van der Waals surface area contributed by atoms with Crippen LogP contribution in [0.15, 0.2) is 237 Å². The smallest absolute Gasteiger partial charge is 0.0541 e. The Balaban J connectivity index is 0.885. The number of aryl methyl sites for hydroxylation is 1. The number of fused-ring (bicyclic) bond motifs is 6. The topological polar surface area (TPSA) is 9.86 Å². The molecule has 0 amide bonds. The molecular formula is C63H46N2. The zero-order chi connectivity index (χ0) is 43.3. The van der Waals surface area contributed by atoms with E-state index in [9.17, 15) is 0 Å². The number of benzene rings is 10. The third-order valence-electron chi connectivity index (χ3n) is 13.3. The van der Waals surface area contributed by atoms with Gasteiger partial charge in [-0.05, 0) is 134 Å². The first-order chi connectivity index (χ1) is 32.2. The molecule has 0 bridgehead atoms. The minimum absolute atomic E-state index is 1.12. The number of hydrogen-bond acceptors (Lipinski definition) is 0. The molecule has 0 atom stereocenters. The van der Waals surface area contributed by atoms with Crippen molar-refractivity contribution >= 4 is 43.6 Å². The summed E-state index contributed by atoms with van der Waals surface area (Å²) in [5.41, 5.74) is 20.7. The standard InChI is InChI=1S/C63H46N2/c1-2-12-43-23-25-45(26-24-43)46-27-29-47(30-28-46)51-17-11-18-55(40-51)65-61-22-9-7-20-57(61)59-42-53(34-38-63(59)65)52-33-37-62-58(41-52)56-19-6-8-21-60(56)64(62)54-35-31-48(32-36-54)50-16-10-15-49(39-50)44-13-4-3-5-14-44/h3-11,13-42H,2,12H2,1H3. The molecule has 65 heavy (non-hydrogen) atoms. The van der Waals surface area contributed by atoms with Crippen molar-refractivity contribution in [3.05, 3.63) is 242 Å². The summed E-state index contributed by atoms with van der Waals surface area (Å²) in [6.07, 6.45) is 2.29. The highest BCUT2D eigenvalue weighted by atomic mass is 15.0. The molecule has 0 spiro atoms. The number of para-hydroxylation sites is 2. The summed E-state index contributed by atoms with van der Waals surface area (Å²) in [6.45, 7) is 2.23. The van der Waals surface area contributed by atoms with Gasteiger partial charge < -0.3 is 9.13 Å². The van der Waals surface area contributed by atoms with Gasteiger partial charge in [-0.25, -0.2) is 0 Å². The van der Waals surface area contributed by atoms with Crippen LogP contribution in [0.4, 0.5) is 0 Å². The normalized spacial score (nSPS) is 11.6. The second-order valence-corrected chi connectivity index (χ2v) is 17.2. The highest BCUT2D eigenvalue weighted by molar-refractivity contribution is 6.12. The van der Waals surface area contributed by atoms with Crippen LogP contribution in [0.5, 0.6) is 0 Å². The molecule has 0 saturated heterocycles. The predicted molar refractivity (Wildman–Crippen MR) is 276 cm³/mol. The highest BCUT2D eigenvalue weighted by Gasteiger charge is 2.17. The van der Waals surface area contributed by atoms with Crippen LogP contribution in [0, 0.1) is 0 Å². The van der Waals surface area contributed by atoms with Gasteiger partial charge in [0.1, 0.15) is 0 Å². The van der Waals surface area contributed by atoms with Crippen molar-refractivity contribution in [3.63, 3.8) is 0 Å². The van der Waals surface area contributed by atoms with Crippen LogP contribution >= 0.6 is 0 Å². The summed E-state index contributed by atoms with van der Waals surface area (Å²) in [5, 5.41) is 4.99. The van der Waals surface area contributed by atoms with Crippen molar-refractivity contribution in [2.75, 3.05) is 0 Å². The molecule has 12 aromatic rings. The van der Waals surface area contributed by atoms with Gasteiger partial charge in [0.15, 0.2) is 0 Å². The van der Waals surface area contributed by atoms with Gasteiger partial charge in [0, 0.05) is 32.9 Å². The van der Waals surface area contributed by atoms with Crippen molar-refractivity contribution in [2.24, 2.45) is 0 Å². The van der Waals surface area contributed by atoms with Gasteiger partial charge in [-0.15, -0.1) is 0 Å². The summed E-state index contributed by atoms with van der Waals surface area (Å²) in [7, 11) is 0. The SMILES string of the molecule is CCCc1ccc(-c2ccc(-c3cccc(-n4c5ccccc5c5cc(-c6ccc7c(c6)c6ccccc6n7-c6ccc(-c7cccc(-c8ccccc8)c7)cc6)ccc54)c3)cc2)cc1. The minimum atomic E-state index is 1.12. The van der Waals surface area contributed by atoms with E-state index in [4.69, 9.17) is 0 Å². The molecule has 0 radical (unpaired) electrons. The number of aromatic nitrogens is 2. The van der Waals surface area contributed by atoms with E-state index in [1.54, 1.807) is 0 Å². The van der Waals surface area contributed by atoms with Gasteiger partial charge in [0.25, 0.3) is 0 Å². The first-order valence-corrected chi connectivity index (χ1v) is 22.8. The lowest BCUT2D eigenvalue weighted by molar-refractivity contribution is 0.922. The molecule has 2 heteroatoms. The van der Waals surface area contributed by atoms with E-state index in [-0.39, 0.29) is 0 Å². The molecule has 308 valence electrons. The quantitative estimate of drug-likeness (QED) is 0.137. The molecule has 0 unspecified atom stereocenters. The van der Waals surface area contributed by atoms with Crippen LogP contribution in [0.25, 0.3) is 111 Å². The maximum Gasteiger partial charge on any atom is 0.0541 e. The lowest BCUT2D eigenvalue weighted by Gasteiger charge is -2.12. The third-order valence-corrected chi connectivity index (χ3v) is 13.3. The predicted octanol–water partition coefficient (Wildman–Crippen LogP) is 17.2. The van der Waals surface area contributed by atoms with E-state index in [2.05, 4.69) is 253 Å². The Morgan fingerprint density at radius 3 is 1.22 bits per heavy atom. The van der Waals surface area contributed by atoms with Crippen LogP contribution in [-0.4, -0.2) is 9.13 Å². The Labute approximate surface area is 379 Å². The summed E-state index contributed by atoms with van der Waals surface area (Å²) in [4.78, 5) is 0. The fourth-order valence-corrected chi connectivity index (χ4v) is 10.0.